The van der Waals surface area contributed by atoms with Gasteiger partial charge in [-0.25, -0.2) is 0 Å². The van der Waals surface area contributed by atoms with E-state index in [4.69, 9.17) is 23.8 Å². The minimum atomic E-state index is -0.469. The molecule has 0 saturated carbocycles. The van der Waals surface area contributed by atoms with Gasteiger partial charge in [0.2, 0.25) is 0 Å². The fourth-order valence-corrected chi connectivity index (χ4v) is 2.96. The number of thiocarbonyl (C=S) groups is 1. The molecule has 0 amide bonds. The fourth-order valence-electron chi connectivity index (χ4n) is 2.62. The zero-order chi connectivity index (χ0) is 18.7. The van der Waals surface area contributed by atoms with E-state index in [-0.39, 0.29) is 5.69 Å². The fraction of sp³-hybridized carbons (Fsp3) is 0.105. The maximum atomic E-state index is 10.9. The molecule has 5 nitrogen and oxygen atoms in total. The number of non-ortho nitro benzene ring substituents is 1. The van der Waals surface area contributed by atoms with Crippen molar-refractivity contribution < 1.29 is 4.92 Å². The molecule has 1 N–H and O–H groups in total. The highest BCUT2D eigenvalue weighted by molar-refractivity contribution is 7.80. The highest BCUT2D eigenvalue weighted by Crippen LogP contribution is 2.27. The molecule has 0 aliphatic rings. The molecule has 26 heavy (non-hydrogen) atoms. The molecule has 132 valence electrons. The van der Waals surface area contributed by atoms with Crippen LogP contribution in [0.15, 0.2) is 60.7 Å². The molecule has 0 saturated heterocycles. The molecule has 0 radical (unpaired) electrons. The maximum absolute atomic E-state index is 10.9. The number of fused-ring (bicyclic) bond motifs is 1. The van der Waals surface area contributed by atoms with E-state index >= 15 is 0 Å². The first-order valence-corrected chi connectivity index (χ1v) is 8.66. The predicted molar refractivity (Wildman–Crippen MR) is 110 cm³/mol. The molecule has 3 rings (SSSR count). The maximum Gasteiger partial charge on any atom is 0.271 e. The summed E-state index contributed by atoms with van der Waals surface area (Å²) in [5, 5.41) is 17.1. The number of nitro benzene ring substituents is 1. The molecule has 0 unspecified atom stereocenters. The van der Waals surface area contributed by atoms with E-state index < -0.39 is 4.92 Å². The van der Waals surface area contributed by atoms with Crippen molar-refractivity contribution in [2.75, 3.05) is 12.4 Å². The minimum absolute atomic E-state index is 0.0446. The summed E-state index contributed by atoms with van der Waals surface area (Å²) in [6.45, 7) is 0.600. The molecule has 0 aliphatic heterocycles. The SMILES string of the molecule is CN(Cc1ccc2ccccc2c1)C(=S)Nc1cc([N+](=O)[O-])ccc1Cl. The molecule has 3 aromatic rings. The van der Waals surface area contributed by atoms with Crippen LogP contribution in [0.5, 0.6) is 0 Å². The molecule has 0 spiro atoms. The van der Waals surface area contributed by atoms with Gasteiger partial charge in [0.25, 0.3) is 5.69 Å². The molecule has 7 heteroatoms. The number of hydrogen-bond acceptors (Lipinski definition) is 3. The average molecular weight is 386 g/mol. The molecule has 3 aromatic carbocycles. The number of hydrogen-bond donors (Lipinski definition) is 1. The lowest BCUT2D eigenvalue weighted by Gasteiger charge is -2.21. The van der Waals surface area contributed by atoms with Gasteiger partial charge in [-0.1, -0.05) is 48.0 Å². The third kappa shape index (κ3) is 4.09. The predicted octanol–water partition coefficient (Wildman–Crippen LogP) is 5.23. The number of halogens is 1. The lowest BCUT2D eigenvalue weighted by molar-refractivity contribution is -0.384. The molecule has 0 fully saturated rings. The normalized spacial score (nSPS) is 10.5. The highest BCUT2D eigenvalue weighted by atomic mass is 35.5. The molecule has 0 aromatic heterocycles. The summed E-state index contributed by atoms with van der Waals surface area (Å²) in [4.78, 5) is 12.3. The number of rotatable bonds is 4. The van der Waals surface area contributed by atoms with Crippen LogP contribution < -0.4 is 5.32 Å². The number of nitrogens with one attached hydrogen (secondary N) is 1. The Hall–Kier alpha value is -2.70. The topological polar surface area (TPSA) is 58.4 Å². The van der Waals surface area contributed by atoms with E-state index in [0.29, 0.717) is 22.4 Å². The van der Waals surface area contributed by atoms with Crippen molar-refractivity contribution in [1.82, 2.24) is 4.90 Å². The summed E-state index contributed by atoms with van der Waals surface area (Å²) < 4.78 is 0. The lowest BCUT2D eigenvalue weighted by atomic mass is 10.1. The van der Waals surface area contributed by atoms with Crippen LogP contribution in [0.1, 0.15) is 5.56 Å². The van der Waals surface area contributed by atoms with E-state index in [1.54, 1.807) is 0 Å². The van der Waals surface area contributed by atoms with Crippen molar-refractivity contribution in [3.05, 3.63) is 81.4 Å². The number of benzene rings is 3. The van der Waals surface area contributed by atoms with Gasteiger partial charge in [-0.3, -0.25) is 10.1 Å². The molecule has 0 heterocycles. The average Bonchev–Trinajstić information content (AvgIpc) is 2.63. The standard InChI is InChI=1S/C19H16ClN3O2S/c1-22(12-13-6-7-14-4-2-3-5-15(14)10-13)19(26)21-18-11-16(23(24)25)8-9-17(18)20/h2-11H,12H2,1H3,(H,21,26). The zero-order valence-corrected chi connectivity index (χ0v) is 15.6. The Morgan fingerprint density at radius 2 is 1.88 bits per heavy atom. The van der Waals surface area contributed by atoms with E-state index in [1.165, 1.54) is 29.0 Å². The first kappa shape index (κ1) is 18.1. The van der Waals surface area contributed by atoms with E-state index in [1.807, 2.05) is 24.1 Å². The Morgan fingerprint density at radius 1 is 1.15 bits per heavy atom. The zero-order valence-electron chi connectivity index (χ0n) is 14.0. The summed E-state index contributed by atoms with van der Waals surface area (Å²) in [5.74, 6) is 0. The Kier molecular flexibility index (Phi) is 5.35. The summed E-state index contributed by atoms with van der Waals surface area (Å²) in [5.41, 5.74) is 1.48. The van der Waals surface area contributed by atoms with Crippen LogP contribution in [0, 0.1) is 10.1 Å². The Bertz CT molecular complexity index is 993. The van der Waals surface area contributed by atoms with Crippen LogP contribution in [-0.4, -0.2) is 22.0 Å². The van der Waals surface area contributed by atoms with Crippen LogP contribution in [0.2, 0.25) is 5.02 Å². The van der Waals surface area contributed by atoms with Gasteiger partial charge in [0, 0.05) is 25.7 Å². The van der Waals surface area contributed by atoms with Crippen molar-refractivity contribution in [3.8, 4) is 0 Å². The van der Waals surface area contributed by atoms with Crippen molar-refractivity contribution >= 4 is 51.1 Å². The first-order chi connectivity index (χ1) is 12.4. The Morgan fingerprint density at radius 3 is 2.62 bits per heavy atom. The van der Waals surface area contributed by atoms with Crippen LogP contribution in [0.4, 0.5) is 11.4 Å². The van der Waals surface area contributed by atoms with Crippen molar-refractivity contribution in [2.45, 2.75) is 6.54 Å². The Balaban J connectivity index is 1.73. The van der Waals surface area contributed by atoms with Gasteiger partial charge in [0.1, 0.15) is 0 Å². The molecule has 0 bridgehead atoms. The van der Waals surface area contributed by atoms with E-state index in [9.17, 15) is 10.1 Å². The van der Waals surface area contributed by atoms with Crippen molar-refractivity contribution in [1.29, 1.82) is 0 Å². The third-order valence-corrected chi connectivity index (χ3v) is 4.73. The van der Waals surface area contributed by atoms with Crippen LogP contribution in [0.25, 0.3) is 10.8 Å². The summed E-state index contributed by atoms with van der Waals surface area (Å²) >= 11 is 11.5. The summed E-state index contributed by atoms with van der Waals surface area (Å²) in [6, 6.07) is 18.6. The van der Waals surface area contributed by atoms with Crippen LogP contribution in [0.3, 0.4) is 0 Å². The second-order valence-corrected chi connectivity index (χ2v) is 6.68. The molecular formula is C19H16ClN3O2S. The van der Waals surface area contributed by atoms with Gasteiger partial charge in [0.15, 0.2) is 5.11 Å². The van der Waals surface area contributed by atoms with Gasteiger partial charge in [0.05, 0.1) is 15.6 Å². The van der Waals surface area contributed by atoms with Gasteiger partial charge in [-0.05, 0) is 40.7 Å². The summed E-state index contributed by atoms with van der Waals surface area (Å²) in [6.07, 6.45) is 0. The second-order valence-electron chi connectivity index (χ2n) is 5.89. The highest BCUT2D eigenvalue weighted by Gasteiger charge is 2.13. The van der Waals surface area contributed by atoms with Crippen LogP contribution in [-0.2, 0) is 6.54 Å². The molecule has 0 atom stereocenters. The smallest absolute Gasteiger partial charge is 0.271 e. The molecular weight excluding hydrogens is 370 g/mol. The number of nitrogens with zero attached hydrogens (tertiary/aromatic N) is 2. The monoisotopic (exact) mass is 385 g/mol. The second kappa shape index (κ2) is 7.68. The Labute approximate surface area is 161 Å². The lowest BCUT2D eigenvalue weighted by Crippen LogP contribution is -2.30. The number of nitro groups is 1. The summed E-state index contributed by atoms with van der Waals surface area (Å²) in [7, 11) is 1.86. The van der Waals surface area contributed by atoms with E-state index in [0.717, 1.165) is 5.56 Å². The van der Waals surface area contributed by atoms with Gasteiger partial charge in [-0.15, -0.1) is 0 Å². The van der Waals surface area contributed by atoms with Crippen molar-refractivity contribution in [2.24, 2.45) is 0 Å². The molecule has 0 aliphatic carbocycles. The van der Waals surface area contributed by atoms with Gasteiger partial charge in [-0.2, -0.15) is 0 Å². The van der Waals surface area contributed by atoms with Crippen LogP contribution >= 0.6 is 23.8 Å². The van der Waals surface area contributed by atoms with Crippen molar-refractivity contribution in [3.63, 3.8) is 0 Å². The van der Waals surface area contributed by atoms with E-state index in [2.05, 4.69) is 35.6 Å². The largest absolute Gasteiger partial charge is 0.348 e. The first-order valence-electron chi connectivity index (χ1n) is 7.88. The van der Waals surface area contributed by atoms with Gasteiger partial charge < -0.3 is 10.2 Å². The van der Waals surface area contributed by atoms with Gasteiger partial charge >= 0.3 is 0 Å². The third-order valence-electron chi connectivity index (χ3n) is 3.98. The minimum Gasteiger partial charge on any atom is -0.348 e. The number of anilines is 1. The quantitative estimate of drug-likeness (QED) is 0.378.